The molecule has 6 nitrogen and oxygen atoms in total. The highest BCUT2D eigenvalue weighted by molar-refractivity contribution is 14.0. The standard InChI is InChI=1S/C13H21ClN4O2S.HI/c1-15-13(16-7-4-8-18-21(2,19)20)17-10-11-5-3-6-12(14)9-11;/h3,5-6,9,18H,4,7-8,10H2,1-2H3,(H2,15,16,17);1H. The molecule has 0 heterocycles. The Hall–Kier alpha value is -0.580. The molecule has 0 bridgehead atoms. The van der Waals surface area contributed by atoms with E-state index in [9.17, 15) is 8.42 Å². The van der Waals surface area contributed by atoms with Gasteiger partial charge in [0.05, 0.1) is 6.26 Å². The van der Waals surface area contributed by atoms with Gasteiger partial charge in [0.15, 0.2) is 5.96 Å². The average molecular weight is 461 g/mol. The fraction of sp³-hybridized carbons (Fsp3) is 0.462. The summed E-state index contributed by atoms with van der Waals surface area (Å²) in [6.45, 7) is 1.64. The second-order valence-electron chi connectivity index (χ2n) is 4.50. The molecule has 0 spiro atoms. The van der Waals surface area contributed by atoms with E-state index in [2.05, 4.69) is 20.3 Å². The molecule has 22 heavy (non-hydrogen) atoms. The van der Waals surface area contributed by atoms with E-state index in [1.54, 1.807) is 7.05 Å². The summed E-state index contributed by atoms with van der Waals surface area (Å²) >= 11 is 5.92. The summed E-state index contributed by atoms with van der Waals surface area (Å²) < 4.78 is 24.2. The number of halogens is 2. The zero-order valence-electron chi connectivity index (χ0n) is 12.6. The fourth-order valence-electron chi connectivity index (χ4n) is 1.61. The minimum atomic E-state index is -3.12. The Morgan fingerprint density at radius 3 is 2.59 bits per heavy atom. The lowest BCUT2D eigenvalue weighted by Crippen LogP contribution is -2.38. The van der Waals surface area contributed by atoms with Crippen LogP contribution in [0.2, 0.25) is 5.02 Å². The Labute approximate surface area is 154 Å². The van der Waals surface area contributed by atoms with Crippen LogP contribution in [-0.4, -0.2) is 40.8 Å². The van der Waals surface area contributed by atoms with Gasteiger partial charge in [0.25, 0.3) is 0 Å². The van der Waals surface area contributed by atoms with Crippen molar-refractivity contribution in [2.75, 3.05) is 26.4 Å². The number of hydrogen-bond donors (Lipinski definition) is 3. The molecule has 0 aromatic heterocycles. The van der Waals surface area contributed by atoms with E-state index in [1.165, 1.54) is 0 Å². The topological polar surface area (TPSA) is 82.6 Å². The summed E-state index contributed by atoms with van der Waals surface area (Å²) in [5.74, 6) is 0.661. The van der Waals surface area contributed by atoms with Gasteiger partial charge in [-0.15, -0.1) is 24.0 Å². The number of benzene rings is 1. The van der Waals surface area contributed by atoms with Crippen molar-refractivity contribution in [2.45, 2.75) is 13.0 Å². The van der Waals surface area contributed by atoms with Crippen molar-refractivity contribution < 1.29 is 8.42 Å². The molecule has 1 rings (SSSR count). The summed E-state index contributed by atoms with van der Waals surface area (Å²) in [5.41, 5.74) is 1.06. The predicted molar refractivity (Wildman–Crippen MR) is 103 cm³/mol. The van der Waals surface area contributed by atoms with Crippen molar-refractivity contribution in [1.29, 1.82) is 0 Å². The molecule has 0 amide bonds. The van der Waals surface area contributed by atoms with Crippen LogP contribution in [0.15, 0.2) is 29.3 Å². The molecule has 0 unspecified atom stereocenters. The van der Waals surface area contributed by atoms with Gasteiger partial charge in [-0.25, -0.2) is 13.1 Å². The molecule has 0 aliphatic rings. The van der Waals surface area contributed by atoms with Gasteiger partial charge in [-0.2, -0.15) is 0 Å². The quantitative estimate of drug-likeness (QED) is 0.250. The third kappa shape index (κ3) is 10.2. The van der Waals surface area contributed by atoms with E-state index in [1.807, 2.05) is 24.3 Å². The van der Waals surface area contributed by atoms with E-state index in [0.29, 0.717) is 37.0 Å². The highest BCUT2D eigenvalue weighted by atomic mass is 127. The zero-order chi connectivity index (χ0) is 15.7. The number of aliphatic imine (C=N–C) groups is 1. The lowest BCUT2D eigenvalue weighted by Gasteiger charge is -2.12. The smallest absolute Gasteiger partial charge is 0.208 e. The molecule has 0 saturated heterocycles. The summed E-state index contributed by atoms with van der Waals surface area (Å²) in [5, 5.41) is 6.97. The maximum atomic E-state index is 10.9. The van der Waals surface area contributed by atoms with Gasteiger partial charge in [0.2, 0.25) is 10.0 Å². The molecule has 0 radical (unpaired) electrons. The third-order valence-electron chi connectivity index (χ3n) is 2.58. The predicted octanol–water partition coefficient (Wildman–Crippen LogP) is 1.56. The van der Waals surface area contributed by atoms with Gasteiger partial charge in [0, 0.05) is 31.7 Å². The monoisotopic (exact) mass is 460 g/mol. The van der Waals surface area contributed by atoms with E-state index >= 15 is 0 Å². The lowest BCUT2D eigenvalue weighted by atomic mass is 10.2. The Bertz CT molecular complexity index is 581. The second kappa shape index (κ2) is 11.0. The first-order valence-corrected chi connectivity index (χ1v) is 8.81. The highest BCUT2D eigenvalue weighted by Gasteiger charge is 2.01. The summed E-state index contributed by atoms with van der Waals surface area (Å²) in [4.78, 5) is 4.09. The molecule has 1 aromatic carbocycles. The van der Waals surface area contributed by atoms with Crippen molar-refractivity contribution in [3.8, 4) is 0 Å². The number of hydrogen-bond acceptors (Lipinski definition) is 3. The number of rotatable bonds is 7. The van der Waals surface area contributed by atoms with Crippen molar-refractivity contribution in [3.05, 3.63) is 34.9 Å². The number of guanidine groups is 1. The summed E-state index contributed by atoms with van der Waals surface area (Å²) in [6, 6.07) is 7.58. The van der Waals surface area contributed by atoms with Crippen LogP contribution < -0.4 is 15.4 Å². The van der Waals surface area contributed by atoms with E-state index in [4.69, 9.17) is 11.6 Å². The summed E-state index contributed by atoms with van der Waals surface area (Å²) in [7, 11) is -1.43. The molecule has 0 saturated carbocycles. The number of sulfonamides is 1. The molecular formula is C13H22ClIN4O2S. The van der Waals surface area contributed by atoms with Gasteiger partial charge in [-0.1, -0.05) is 23.7 Å². The van der Waals surface area contributed by atoms with Gasteiger partial charge in [0.1, 0.15) is 0 Å². The van der Waals surface area contributed by atoms with Crippen LogP contribution in [0.25, 0.3) is 0 Å². The first-order chi connectivity index (χ1) is 9.90. The maximum Gasteiger partial charge on any atom is 0.208 e. The molecule has 0 fully saturated rings. The molecular weight excluding hydrogens is 439 g/mol. The van der Waals surface area contributed by atoms with E-state index < -0.39 is 10.0 Å². The van der Waals surface area contributed by atoms with E-state index in [-0.39, 0.29) is 24.0 Å². The van der Waals surface area contributed by atoms with Crippen LogP contribution in [0, 0.1) is 0 Å². The Morgan fingerprint density at radius 1 is 1.27 bits per heavy atom. The molecule has 0 aliphatic heterocycles. The molecule has 126 valence electrons. The summed E-state index contributed by atoms with van der Waals surface area (Å²) in [6.07, 6.45) is 1.82. The van der Waals surface area contributed by atoms with Crippen molar-refractivity contribution in [2.24, 2.45) is 4.99 Å². The van der Waals surface area contributed by atoms with Gasteiger partial charge < -0.3 is 10.6 Å². The lowest BCUT2D eigenvalue weighted by molar-refractivity contribution is 0.584. The molecule has 9 heteroatoms. The Kier molecular flexibility index (Phi) is 10.7. The van der Waals surface area contributed by atoms with E-state index in [0.717, 1.165) is 11.8 Å². The van der Waals surface area contributed by atoms with Gasteiger partial charge in [-0.3, -0.25) is 4.99 Å². The van der Waals surface area contributed by atoms with Crippen LogP contribution in [-0.2, 0) is 16.6 Å². The van der Waals surface area contributed by atoms with Crippen LogP contribution in [0.4, 0.5) is 0 Å². The first-order valence-electron chi connectivity index (χ1n) is 6.54. The first kappa shape index (κ1) is 21.4. The average Bonchev–Trinajstić information content (AvgIpc) is 2.40. The van der Waals surface area contributed by atoms with Crippen molar-refractivity contribution >= 4 is 51.6 Å². The normalized spacial score (nSPS) is 11.7. The Balaban J connectivity index is 0.00000441. The van der Waals surface area contributed by atoms with Crippen molar-refractivity contribution in [1.82, 2.24) is 15.4 Å². The SMILES string of the molecule is CN=C(NCCCNS(C)(=O)=O)NCc1cccc(Cl)c1.I. The van der Waals surface area contributed by atoms with Gasteiger partial charge in [-0.05, 0) is 24.1 Å². The molecule has 0 aliphatic carbocycles. The van der Waals surface area contributed by atoms with Crippen LogP contribution >= 0.6 is 35.6 Å². The zero-order valence-corrected chi connectivity index (χ0v) is 16.5. The van der Waals surface area contributed by atoms with Crippen LogP contribution in [0.5, 0.6) is 0 Å². The van der Waals surface area contributed by atoms with Crippen molar-refractivity contribution in [3.63, 3.8) is 0 Å². The maximum absolute atomic E-state index is 10.9. The Morgan fingerprint density at radius 2 is 2.00 bits per heavy atom. The number of nitrogens with one attached hydrogen (secondary N) is 3. The fourth-order valence-corrected chi connectivity index (χ4v) is 2.33. The van der Waals surface area contributed by atoms with Crippen LogP contribution in [0.3, 0.4) is 0 Å². The largest absolute Gasteiger partial charge is 0.356 e. The molecule has 1 aromatic rings. The molecule has 0 atom stereocenters. The highest BCUT2D eigenvalue weighted by Crippen LogP contribution is 2.10. The van der Waals surface area contributed by atoms with Crippen LogP contribution in [0.1, 0.15) is 12.0 Å². The number of nitrogens with zero attached hydrogens (tertiary/aromatic N) is 1. The third-order valence-corrected chi connectivity index (χ3v) is 3.55. The minimum absolute atomic E-state index is 0. The van der Waals surface area contributed by atoms with Gasteiger partial charge >= 0.3 is 0 Å². The second-order valence-corrected chi connectivity index (χ2v) is 6.77. The molecule has 3 N–H and O–H groups in total. The minimum Gasteiger partial charge on any atom is -0.356 e.